The van der Waals surface area contributed by atoms with Crippen molar-refractivity contribution in [3.63, 3.8) is 0 Å². The van der Waals surface area contributed by atoms with Crippen molar-refractivity contribution in [3.05, 3.63) is 205 Å². The van der Waals surface area contributed by atoms with Crippen molar-refractivity contribution in [1.29, 1.82) is 0 Å². The summed E-state index contributed by atoms with van der Waals surface area (Å²) < 4.78 is 13.0. The second kappa shape index (κ2) is 12.9. The van der Waals surface area contributed by atoms with E-state index >= 15 is 0 Å². The van der Waals surface area contributed by atoms with E-state index in [1.807, 2.05) is 18.2 Å². The Labute approximate surface area is 333 Å². The van der Waals surface area contributed by atoms with Crippen molar-refractivity contribution in [3.8, 4) is 22.3 Å². The molecule has 58 heavy (non-hydrogen) atoms. The standard InChI is InChI=1S/C53H33N3O2/c1-2-9-32(10-3-1)34-17-20-35(21-18-34)51-54-52(41-22-19-33-11-4-5-12-36(33)27-41)56-53(55-51)43-15-8-16-47-50(43)45-29-39(24-26-46(45)57-47)40-23-25-42-44-28-37-13-6-7-14-38(37)30-49(44)58-48(42)31-40/h1-31,53H,(H,54,55,56). The molecule has 9 aromatic carbocycles. The van der Waals surface area contributed by atoms with E-state index in [1.165, 1.54) is 21.7 Å². The highest BCUT2D eigenvalue weighted by molar-refractivity contribution is 6.15. The molecule has 0 spiro atoms. The van der Waals surface area contributed by atoms with Crippen LogP contribution in [-0.4, -0.2) is 11.7 Å². The quantitative estimate of drug-likeness (QED) is 0.191. The summed E-state index contributed by atoms with van der Waals surface area (Å²) in [5.74, 6) is 1.44. The zero-order valence-corrected chi connectivity index (χ0v) is 31.2. The van der Waals surface area contributed by atoms with Crippen LogP contribution in [-0.2, 0) is 0 Å². The average Bonchev–Trinajstić information content (AvgIpc) is 3.85. The number of hydrogen-bond acceptors (Lipinski definition) is 5. The Morgan fingerprint density at radius 2 is 1.02 bits per heavy atom. The lowest BCUT2D eigenvalue weighted by atomic mass is 9.98. The number of aliphatic imine (C=N–C) groups is 2. The van der Waals surface area contributed by atoms with Gasteiger partial charge in [0.25, 0.3) is 0 Å². The van der Waals surface area contributed by atoms with Crippen molar-refractivity contribution in [1.82, 2.24) is 5.32 Å². The molecule has 3 heterocycles. The topological polar surface area (TPSA) is 63.0 Å². The maximum absolute atomic E-state index is 6.52. The lowest BCUT2D eigenvalue weighted by Gasteiger charge is -2.24. The molecule has 1 N–H and O–H groups in total. The molecule has 2 aromatic heterocycles. The molecule has 12 rings (SSSR count). The van der Waals surface area contributed by atoms with Crippen LogP contribution >= 0.6 is 0 Å². The van der Waals surface area contributed by atoms with Crippen LogP contribution < -0.4 is 5.32 Å². The van der Waals surface area contributed by atoms with Gasteiger partial charge in [0.2, 0.25) is 0 Å². The van der Waals surface area contributed by atoms with Gasteiger partial charge in [0.1, 0.15) is 34.3 Å². The van der Waals surface area contributed by atoms with Crippen LogP contribution in [0.1, 0.15) is 22.9 Å². The average molecular weight is 744 g/mol. The second-order valence-corrected chi connectivity index (χ2v) is 15.0. The molecule has 0 radical (unpaired) electrons. The minimum atomic E-state index is -0.432. The molecule has 1 aliphatic rings. The Morgan fingerprint density at radius 1 is 0.379 bits per heavy atom. The molecule has 11 aromatic rings. The van der Waals surface area contributed by atoms with Crippen LogP contribution in [0.5, 0.6) is 0 Å². The molecule has 0 amide bonds. The maximum atomic E-state index is 6.52. The van der Waals surface area contributed by atoms with Crippen LogP contribution in [0, 0.1) is 0 Å². The van der Waals surface area contributed by atoms with Gasteiger partial charge in [0.05, 0.1) is 0 Å². The van der Waals surface area contributed by atoms with Gasteiger partial charge in [-0.25, -0.2) is 9.98 Å². The van der Waals surface area contributed by atoms with Gasteiger partial charge in [-0.2, -0.15) is 0 Å². The van der Waals surface area contributed by atoms with E-state index < -0.39 is 6.17 Å². The highest BCUT2D eigenvalue weighted by Crippen LogP contribution is 2.40. The molecule has 0 bridgehead atoms. The monoisotopic (exact) mass is 743 g/mol. The van der Waals surface area contributed by atoms with Crippen molar-refractivity contribution in [2.24, 2.45) is 9.98 Å². The number of nitrogens with zero attached hydrogens (tertiary/aromatic N) is 2. The van der Waals surface area contributed by atoms with Gasteiger partial charge < -0.3 is 14.2 Å². The lowest BCUT2D eigenvalue weighted by molar-refractivity contribution is 0.662. The molecule has 0 aliphatic carbocycles. The Morgan fingerprint density at radius 3 is 1.86 bits per heavy atom. The number of fused-ring (bicyclic) bond motifs is 8. The predicted molar refractivity (Wildman–Crippen MR) is 239 cm³/mol. The Balaban J connectivity index is 0.975. The third kappa shape index (κ3) is 5.40. The first-order valence-electron chi connectivity index (χ1n) is 19.6. The highest BCUT2D eigenvalue weighted by Gasteiger charge is 2.25. The van der Waals surface area contributed by atoms with Gasteiger partial charge in [-0.1, -0.05) is 140 Å². The van der Waals surface area contributed by atoms with E-state index in [9.17, 15) is 0 Å². The normalized spacial score (nSPS) is 14.4. The van der Waals surface area contributed by atoms with E-state index in [4.69, 9.17) is 18.8 Å². The van der Waals surface area contributed by atoms with Gasteiger partial charge in [-0.05, 0) is 92.3 Å². The van der Waals surface area contributed by atoms with Crippen LogP contribution in [0.4, 0.5) is 0 Å². The summed E-state index contributed by atoms with van der Waals surface area (Å²) in [7, 11) is 0. The van der Waals surface area contributed by atoms with E-state index in [-0.39, 0.29) is 0 Å². The molecular formula is C53H33N3O2. The molecular weight excluding hydrogens is 711 g/mol. The SMILES string of the molecule is c1ccc(-c2ccc(C3=NC(c4ccc5ccccc5c4)=NC(c4cccc5oc6ccc(-c7ccc8c(c7)oc7cc9ccccc9cc78)cc6c45)N3)cc2)cc1. The fourth-order valence-corrected chi connectivity index (χ4v) is 8.57. The molecule has 5 heteroatoms. The van der Waals surface area contributed by atoms with Gasteiger partial charge in [-0.15, -0.1) is 0 Å². The molecule has 0 fully saturated rings. The number of rotatable bonds is 5. The van der Waals surface area contributed by atoms with Crippen LogP contribution in [0.25, 0.3) is 87.7 Å². The zero-order valence-electron chi connectivity index (χ0n) is 31.2. The number of amidine groups is 2. The summed E-state index contributed by atoms with van der Waals surface area (Å²) in [6.45, 7) is 0. The highest BCUT2D eigenvalue weighted by atomic mass is 16.3. The van der Waals surface area contributed by atoms with E-state index in [0.717, 1.165) is 88.5 Å². The van der Waals surface area contributed by atoms with Crippen LogP contribution in [0.2, 0.25) is 0 Å². The summed E-state index contributed by atoms with van der Waals surface area (Å²) in [5.41, 5.74) is 10.8. The molecule has 0 saturated heterocycles. The number of nitrogens with one attached hydrogen (secondary N) is 1. The van der Waals surface area contributed by atoms with Crippen molar-refractivity contribution < 1.29 is 8.83 Å². The molecule has 272 valence electrons. The first-order chi connectivity index (χ1) is 28.7. The molecule has 5 nitrogen and oxygen atoms in total. The second-order valence-electron chi connectivity index (χ2n) is 15.0. The minimum absolute atomic E-state index is 0.432. The molecule has 1 unspecified atom stereocenters. The van der Waals surface area contributed by atoms with Crippen molar-refractivity contribution >= 4 is 77.1 Å². The Kier molecular flexibility index (Phi) is 7.23. The van der Waals surface area contributed by atoms with Crippen molar-refractivity contribution in [2.45, 2.75) is 6.17 Å². The largest absolute Gasteiger partial charge is 0.456 e. The fourth-order valence-electron chi connectivity index (χ4n) is 8.57. The first-order valence-corrected chi connectivity index (χ1v) is 19.6. The number of benzene rings is 9. The summed E-state index contributed by atoms with van der Waals surface area (Å²) >= 11 is 0. The summed E-state index contributed by atoms with van der Waals surface area (Å²) in [4.78, 5) is 10.5. The minimum Gasteiger partial charge on any atom is -0.456 e. The smallest absolute Gasteiger partial charge is 0.159 e. The summed E-state index contributed by atoms with van der Waals surface area (Å²) in [5, 5.41) is 12.7. The van der Waals surface area contributed by atoms with Crippen molar-refractivity contribution in [2.75, 3.05) is 0 Å². The maximum Gasteiger partial charge on any atom is 0.159 e. The van der Waals surface area contributed by atoms with E-state index in [1.54, 1.807) is 0 Å². The van der Waals surface area contributed by atoms with Gasteiger partial charge in [0.15, 0.2) is 5.84 Å². The van der Waals surface area contributed by atoms with E-state index in [2.05, 4.69) is 175 Å². The fraction of sp³-hybridized carbons (Fsp3) is 0.0189. The summed E-state index contributed by atoms with van der Waals surface area (Å²) in [6, 6.07) is 65.8. The number of hydrogen-bond donors (Lipinski definition) is 1. The molecule has 1 atom stereocenters. The van der Waals surface area contributed by atoms with E-state index in [0.29, 0.717) is 5.84 Å². The van der Waals surface area contributed by atoms with Gasteiger partial charge >= 0.3 is 0 Å². The summed E-state index contributed by atoms with van der Waals surface area (Å²) in [6.07, 6.45) is -0.432. The zero-order chi connectivity index (χ0) is 38.2. The van der Waals surface area contributed by atoms with Gasteiger partial charge in [-0.3, -0.25) is 0 Å². The predicted octanol–water partition coefficient (Wildman–Crippen LogP) is 13.6. The Hall–Kier alpha value is -7.76. The Bertz CT molecular complexity index is 3480. The van der Waals surface area contributed by atoms with Gasteiger partial charge in [0, 0.05) is 38.2 Å². The number of furan rings is 2. The van der Waals surface area contributed by atoms with Crippen LogP contribution in [0.3, 0.4) is 0 Å². The first kappa shape index (κ1) is 32.5. The third-order valence-electron chi connectivity index (χ3n) is 11.5. The molecule has 0 saturated carbocycles. The van der Waals surface area contributed by atoms with Crippen LogP contribution in [0.15, 0.2) is 207 Å². The third-order valence-corrected chi connectivity index (χ3v) is 11.5. The lowest BCUT2D eigenvalue weighted by Crippen LogP contribution is -2.33. The molecule has 1 aliphatic heterocycles.